The SMILES string of the molecule is CCC1CCCC(Nc2cnc3ccccc3n2)C1. The van der Waals surface area contributed by atoms with Crippen LogP contribution in [0.25, 0.3) is 11.0 Å². The number of anilines is 1. The first-order valence-corrected chi connectivity index (χ1v) is 7.33. The van der Waals surface area contributed by atoms with Crippen molar-refractivity contribution in [3.05, 3.63) is 30.5 Å². The van der Waals surface area contributed by atoms with Crippen molar-refractivity contribution in [3.8, 4) is 0 Å². The summed E-state index contributed by atoms with van der Waals surface area (Å²) in [5.41, 5.74) is 1.93. The lowest BCUT2D eigenvalue weighted by atomic mass is 9.84. The van der Waals surface area contributed by atoms with Gasteiger partial charge in [0.05, 0.1) is 17.2 Å². The van der Waals surface area contributed by atoms with E-state index in [1.165, 1.54) is 32.1 Å². The minimum atomic E-state index is 0.564. The van der Waals surface area contributed by atoms with Gasteiger partial charge in [0.15, 0.2) is 0 Å². The molecular weight excluding hydrogens is 234 g/mol. The van der Waals surface area contributed by atoms with Crippen molar-refractivity contribution in [2.24, 2.45) is 5.92 Å². The molecule has 0 spiro atoms. The molecule has 2 atom stereocenters. The van der Waals surface area contributed by atoms with E-state index >= 15 is 0 Å². The molecule has 1 fully saturated rings. The zero-order valence-corrected chi connectivity index (χ0v) is 11.5. The van der Waals surface area contributed by atoms with Crippen molar-refractivity contribution in [2.45, 2.75) is 45.1 Å². The molecule has 2 unspecified atom stereocenters. The van der Waals surface area contributed by atoms with Gasteiger partial charge in [0.2, 0.25) is 0 Å². The van der Waals surface area contributed by atoms with Crippen LogP contribution in [0.15, 0.2) is 30.5 Å². The summed E-state index contributed by atoms with van der Waals surface area (Å²) in [5, 5.41) is 3.56. The van der Waals surface area contributed by atoms with E-state index in [-0.39, 0.29) is 0 Å². The predicted octanol–water partition coefficient (Wildman–Crippen LogP) is 4.01. The molecule has 1 aliphatic rings. The molecule has 0 amide bonds. The lowest BCUT2D eigenvalue weighted by Gasteiger charge is -2.29. The van der Waals surface area contributed by atoms with E-state index in [1.807, 2.05) is 30.5 Å². The zero-order chi connectivity index (χ0) is 13.1. The maximum absolute atomic E-state index is 4.65. The molecule has 1 heterocycles. The van der Waals surface area contributed by atoms with Gasteiger partial charge in [-0.2, -0.15) is 0 Å². The van der Waals surface area contributed by atoms with E-state index in [2.05, 4.69) is 22.2 Å². The monoisotopic (exact) mass is 255 g/mol. The molecule has 1 aliphatic carbocycles. The van der Waals surface area contributed by atoms with E-state index in [1.54, 1.807) is 0 Å². The zero-order valence-electron chi connectivity index (χ0n) is 11.5. The lowest BCUT2D eigenvalue weighted by molar-refractivity contribution is 0.327. The maximum atomic E-state index is 4.65. The number of benzene rings is 1. The summed E-state index contributed by atoms with van der Waals surface area (Å²) < 4.78 is 0. The molecular formula is C16H21N3. The van der Waals surface area contributed by atoms with Gasteiger partial charge in [-0.1, -0.05) is 38.3 Å². The molecule has 2 aromatic rings. The number of para-hydroxylation sites is 2. The first-order chi connectivity index (χ1) is 9.35. The summed E-state index contributed by atoms with van der Waals surface area (Å²) in [6, 6.07) is 8.59. The van der Waals surface area contributed by atoms with Gasteiger partial charge in [0.25, 0.3) is 0 Å². The van der Waals surface area contributed by atoms with Gasteiger partial charge in [0, 0.05) is 6.04 Å². The van der Waals surface area contributed by atoms with Gasteiger partial charge in [-0.15, -0.1) is 0 Å². The highest BCUT2D eigenvalue weighted by molar-refractivity contribution is 5.75. The molecule has 0 bridgehead atoms. The van der Waals surface area contributed by atoms with Crippen molar-refractivity contribution in [1.29, 1.82) is 0 Å². The van der Waals surface area contributed by atoms with Crippen LogP contribution in [0.5, 0.6) is 0 Å². The van der Waals surface area contributed by atoms with Crippen LogP contribution in [0.4, 0.5) is 5.82 Å². The summed E-state index contributed by atoms with van der Waals surface area (Å²) in [6.07, 6.45) is 8.39. The van der Waals surface area contributed by atoms with Crippen LogP contribution in [-0.4, -0.2) is 16.0 Å². The van der Waals surface area contributed by atoms with Crippen LogP contribution in [0, 0.1) is 5.92 Å². The van der Waals surface area contributed by atoms with Crippen molar-refractivity contribution in [2.75, 3.05) is 5.32 Å². The van der Waals surface area contributed by atoms with E-state index in [0.717, 1.165) is 22.8 Å². The fraction of sp³-hybridized carbons (Fsp3) is 0.500. The largest absolute Gasteiger partial charge is 0.366 e. The number of hydrogen-bond donors (Lipinski definition) is 1. The van der Waals surface area contributed by atoms with Crippen LogP contribution < -0.4 is 5.32 Å². The van der Waals surface area contributed by atoms with Gasteiger partial charge >= 0.3 is 0 Å². The maximum Gasteiger partial charge on any atom is 0.145 e. The third-order valence-electron chi connectivity index (χ3n) is 4.16. The lowest BCUT2D eigenvalue weighted by Crippen LogP contribution is -2.27. The standard InChI is InChI=1S/C16H21N3/c1-2-12-6-5-7-13(10-12)18-16-11-17-14-8-3-4-9-15(14)19-16/h3-4,8-9,11-13H,2,5-7,10H2,1H3,(H,18,19). The number of aromatic nitrogens is 2. The van der Waals surface area contributed by atoms with E-state index in [9.17, 15) is 0 Å². The van der Waals surface area contributed by atoms with Gasteiger partial charge < -0.3 is 5.32 Å². The first-order valence-electron chi connectivity index (χ1n) is 7.33. The highest BCUT2D eigenvalue weighted by Gasteiger charge is 2.20. The van der Waals surface area contributed by atoms with Gasteiger partial charge in [-0.05, 0) is 30.9 Å². The van der Waals surface area contributed by atoms with E-state index in [4.69, 9.17) is 0 Å². The number of nitrogens with zero attached hydrogens (tertiary/aromatic N) is 2. The minimum absolute atomic E-state index is 0.564. The van der Waals surface area contributed by atoms with E-state index < -0.39 is 0 Å². The fourth-order valence-electron chi connectivity index (χ4n) is 3.03. The summed E-state index contributed by atoms with van der Waals surface area (Å²) in [7, 11) is 0. The third-order valence-corrected chi connectivity index (χ3v) is 4.16. The number of fused-ring (bicyclic) bond motifs is 1. The Kier molecular flexibility index (Phi) is 3.62. The van der Waals surface area contributed by atoms with E-state index in [0.29, 0.717) is 6.04 Å². The van der Waals surface area contributed by atoms with Crippen molar-refractivity contribution in [3.63, 3.8) is 0 Å². The first kappa shape index (κ1) is 12.4. The smallest absolute Gasteiger partial charge is 0.145 e. The third kappa shape index (κ3) is 2.86. The van der Waals surface area contributed by atoms with Crippen LogP contribution in [-0.2, 0) is 0 Å². The Labute approximate surface area is 114 Å². The minimum Gasteiger partial charge on any atom is -0.366 e. The quantitative estimate of drug-likeness (QED) is 0.900. The molecule has 0 saturated heterocycles. The molecule has 1 N–H and O–H groups in total. The highest BCUT2D eigenvalue weighted by atomic mass is 15.0. The van der Waals surface area contributed by atoms with Crippen molar-refractivity contribution >= 4 is 16.9 Å². The van der Waals surface area contributed by atoms with Crippen molar-refractivity contribution in [1.82, 2.24) is 9.97 Å². The van der Waals surface area contributed by atoms with Gasteiger partial charge in [0.1, 0.15) is 5.82 Å². The molecule has 3 nitrogen and oxygen atoms in total. The number of hydrogen-bond acceptors (Lipinski definition) is 3. The molecule has 100 valence electrons. The number of nitrogens with one attached hydrogen (secondary N) is 1. The molecule has 3 rings (SSSR count). The summed E-state index contributed by atoms with van der Waals surface area (Å²) in [4.78, 5) is 9.11. The summed E-state index contributed by atoms with van der Waals surface area (Å²) in [5.74, 6) is 1.79. The second-order valence-corrected chi connectivity index (χ2v) is 5.53. The Bertz CT molecular complexity index is 552. The molecule has 3 heteroatoms. The summed E-state index contributed by atoms with van der Waals surface area (Å²) in [6.45, 7) is 2.29. The Morgan fingerprint density at radius 3 is 2.89 bits per heavy atom. The Morgan fingerprint density at radius 2 is 2.05 bits per heavy atom. The van der Waals surface area contributed by atoms with Crippen LogP contribution in [0.1, 0.15) is 39.0 Å². The normalized spacial score (nSPS) is 23.4. The van der Waals surface area contributed by atoms with Crippen molar-refractivity contribution < 1.29 is 0 Å². The molecule has 0 radical (unpaired) electrons. The summed E-state index contributed by atoms with van der Waals surface area (Å²) >= 11 is 0. The molecule has 19 heavy (non-hydrogen) atoms. The molecule has 1 aromatic carbocycles. The average Bonchev–Trinajstić information content (AvgIpc) is 2.47. The van der Waals surface area contributed by atoms with Crippen LogP contribution >= 0.6 is 0 Å². The Morgan fingerprint density at radius 1 is 1.21 bits per heavy atom. The highest BCUT2D eigenvalue weighted by Crippen LogP contribution is 2.28. The molecule has 0 aliphatic heterocycles. The van der Waals surface area contributed by atoms with Gasteiger partial charge in [-0.25, -0.2) is 4.98 Å². The second kappa shape index (κ2) is 5.55. The van der Waals surface area contributed by atoms with Crippen LogP contribution in [0.2, 0.25) is 0 Å². The predicted molar refractivity (Wildman–Crippen MR) is 79.2 cm³/mol. The fourth-order valence-corrected chi connectivity index (χ4v) is 3.03. The molecule has 1 aromatic heterocycles. The average molecular weight is 255 g/mol. The second-order valence-electron chi connectivity index (χ2n) is 5.53. The van der Waals surface area contributed by atoms with Crippen LogP contribution in [0.3, 0.4) is 0 Å². The topological polar surface area (TPSA) is 37.8 Å². The Balaban J connectivity index is 1.74. The van der Waals surface area contributed by atoms with Gasteiger partial charge in [-0.3, -0.25) is 4.98 Å². The number of rotatable bonds is 3. The Hall–Kier alpha value is -1.64. The molecule has 1 saturated carbocycles.